The Kier molecular flexibility index (Phi) is 6.28. The van der Waals surface area contributed by atoms with Crippen LogP contribution >= 0.6 is 0 Å². The number of ether oxygens (including phenoxy) is 1. The standard InChI is InChI=1S/C20H15FN4O5/c21-17-7-3-1-6-15(17)13-30-20-8-4-2-5-14(20)12-22-23-18-10-9-16(24(26)27)11-19(18)25(28)29/h1-12,23H,13H2/b22-12+. The topological polar surface area (TPSA) is 120 Å². The van der Waals surface area contributed by atoms with E-state index in [9.17, 15) is 24.6 Å². The second kappa shape index (κ2) is 9.24. The van der Waals surface area contributed by atoms with Crippen molar-refractivity contribution >= 4 is 23.3 Å². The first-order valence-electron chi connectivity index (χ1n) is 8.63. The van der Waals surface area contributed by atoms with Crippen LogP contribution in [0.4, 0.5) is 21.5 Å². The Bertz CT molecular complexity index is 1120. The molecular weight excluding hydrogens is 395 g/mol. The number of nitrogens with one attached hydrogen (secondary N) is 1. The van der Waals surface area contributed by atoms with Crippen molar-refractivity contribution < 1.29 is 19.0 Å². The molecule has 0 aliphatic carbocycles. The minimum atomic E-state index is -0.740. The molecule has 3 aromatic carbocycles. The van der Waals surface area contributed by atoms with E-state index in [1.807, 2.05) is 0 Å². The maximum absolute atomic E-state index is 13.8. The van der Waals surface area contributed by atoms with E-state index in [0.717, 1.165) is 12.1 Å². The van der Waals surface area contributed by atoms with E-state index in [1.165, 1.54) is 18.3 Å². The maximum Gasteiger partial charge on any atom is 0.301 e. The van der Waals surface area contributed by atoms with Crippen LogP contribution < -0.4 is 10.2 Å². The highest BCUT2D eigenvalue weighted by Gasteiger charge is 2.19. The van der Waals surface area contributed by atoms with Gasteiger partial charge in [0.25, 0.3) is 5.69 Å². The third-order valence-corrected chi connectivity index (χ3v) is 4.04. The number of anilines is 1. The van der Waals surface area contributed by atoms with E-state index in [4.69, 9.17) is 4.74 Å². The molecule has 0 saturated carbocycles. The number of non-ortho nitro benzene ring substituents is 1. The lowest BCUT2D eigenvalue weighted by Crippen LogP contribution is -2.01. The molecule has 0 aliphatic rings. The predicted octanol–water partition coefficient (Wildman–Crippen LogP) is 4.67. The number of nitro groups is 2. The summed E-state index contributed by atoms with van der Waals surface area (Å²) in [5.41, 5.74) is 2.56. The first kappa shape index (κ1) is 20.4. The molecule has 0 spiro atoms. The van der Waals surface area contributed by atoms with Gasteiger partial charge in [-0.05, 0) is 24.3 Å². The minimum Gasteiger partial charge on any atom is -0.488 e. The van der Waals surface area contributed by atoms with Gasteiger partial charge in [0.1, 0.15) is 23.9 Å². The summed E-state index contributed by atoms with van der Waals surface area (Å²) < 4.78 is 19.4. The second-order valence-electron chi connectivity index (χ2n) is 6.00. The van der Waals surface area contributed by atoms with Crippen LogP contribution in [0.15, 0.2) is 71.8 Å². The highest BCUT2D eigenvalue weighted by Crippen LogP contribution is 2.29. The number of rotatable bonds is 8. The molecule has 0 radical (unpaired) electrons. The number of nitro benzene ring substituents is 2. The van der Waals surface area contributed by atoms with Crippen molar-refractivity contribution in [1.82, 2.24) is 0 Å². The number of nitrogens with zero attached hydrogens (tertiary/aromatic N) is 3. The van der Waals surface area contributed by atoms with Crippen molar-refractivity contribution in [3.8, 4) is 5.75 Å². The van der Waals surface area contributed by atoms with Crippen molar-refractivity contribution in [2.75, 3.05) is 5.43 Å². The SMILES string of the molecule is O=[N+]([O-])c1ccc(N/N=C/c2ccccc2OCc2ccccc2F)c([N+](=O)[O-])c1. The Morgan fingerprint density at radius 2 is 1.73 bits per heavy atom. The third kappa shape index (κ3) is 4.93. The molecule has 0 unspecified atom stereocenters. The maximum atomic E-state index is 13.8. The van der Waals surface area contributed by atoms with Crippen molar-refractivity contribution in [2.24, 2.45) is 5.10 Å². The molecule has 3 rings (SSSR count). The Labute approximate surface area is 169 Å². The van der Waals surface area contributed by atoms with Crippen LogP contribution in [-0.4, -0.2) is 16.1 Å². The molecule has 0 bridgehead atoms. The van der Waals surface area contributed by atoms with E-state index in [2.05, 4.69) is 10.5 Å². The molecule has 3 aromatic rings. The molecule has 0 saturated heterocycles. The van der Waals surface area contributed by atoms with Crippen molar-refractivity contribution in [3.05, 3.63) is 104 Å². The van der Waals surface area contributed by atoms with Gasteiger partial charge in [-0.25, -0.2) is 4.39 Å². The summed E-state index contributed by atoms with van der Waals surface area (Å²) in [4.78, 5) is 20.5. The summed E-state index contributed by atoms with van der Waals surface area (Å²) in [6.45, 7) is 0.0127. The molecule has 30 heavy (non-hydrogen) atoms. The van der Waals surface area contributed by atoms with Gasteiger partial charge in [0, 0.05) is 17.2 Å². The monoisotopic (exact) mass is 410 g/mol. The van der Waals surface area contributed by atoms with Crippen LogP contribution in [0.3, 0.4) is 0 Å². The smallest absolute Gasteiger partial charge is 0.301 e. The zero-order valence-corrected chi connectivity index (χ0v) is 15.4. The molecule has 10 heteroatoms. The fourth-order valence-corrected chi connectivity index (χ4v) is 2.54. The van der Waals surface area contributed by atoms with E-state index in [1.54, 1.807) is 42.5 Å². The van der Waals surface area contributed by atoms with E-state index in [0.29, 0.717) is 16.9 Å². The number of hydrogen-bond acceptors (Lipinski definition) is 7. The molecule has 152 valence electrons. The molecule has 0 amide bonds. The molecule has 0 atom stereocenters. The Morgan fingerprint density at radius 3 is 2.47 bits per heavy atom. The zero-order chi connectivity index (χ0) is 21.5. The van der Waals surface area contributed by atoms with Crippen molar-refractivity contribution in [1.29, 1.82) is 0 Å². The number of hydrogen-bond donors (Lipinski definition) is 1. The van der Waals surface area contributed by atoms with E-state index < -0.39 is 21.2 Å². The van der Waals surface area contributed by atoms with Crippen LogP contribution in [0.25, 0.3) is 0 Å². The van der Waals surface area contributed by atoms with Gasteiger partial charge in [0.15, 0.2) is 0 Å². The van der Waals surface area contributed by atoms with Gasteiger partial charge in [-0.1, -0.05) is 30.3 Å². The van der Waals surface area contributed by atoms with Gasteiger partial charge in [-0.2, -0.15) is 5.10 Å². The normalized spacial score (nSPS) is 10.7. The predicted molar refractivity (Wildman–Crippen MR) is 108 cm³/mol. The van der Waals surface area contributed by atoms with Gasteiger partial charge >= 0.3 is 5.69 Å². The van der Waals surface area contributed by atoms with E-state index >= 15 is 0 Å². The highest BCUT2D eigenvalue weighted by atomic mass is 19.1. The Balaban J connectivity index is 1.75. The Hall–Kier alpha value is -4.34. The molecule has 0 heterocycles. The number of para-hydroxylation sites is 1. The number of hydrazone groups is 1. The second-order valence-corrected chi connectivity index (χ2v) is 6.00. The van der Waals surface area contributed by atoms with Crippen LogP contribution in [0.5, 0.6) is 5.75 Å². The van der Waals surface area contributed by atoms with Crippen LogP contribution in [-0.2, 0) is 6.61 Å². The summed E-state index contributed by atoms with van der Waals surface area (Å²) >= 11 is 0. The number of benzene rings is 3. The molecule has 0 aliphatic heterocycles. The molecule has 0 fully saturated rings. The van der Waals surface area contributed by atoms with Crippen molar-refractivity contribution in [3.63, 3.8) is 0 Å². The van der Waals surface area contributed by atoms with Gasteiger partial charge in [-0.15, -0.1) is 0 Å². The van der Waals surface area contributed by atoms with Gasteiger partial charge in [0.2, 0.25) is 0 Å². The van der Waals surface area contributed by atoms with E-state index in [-0.39, 0.29) is 18.1 Å². The quantitative estimate of drug-likeness (QED) is 0.327. The molecule has 9 nitrogen and oxygen atoms in total. The van der Waals surface area contributed by atoms with Gasteiger partial charge < -0.3 is 4.74 Å². The lowest BCUT2D eigenvalue weighted by Gasteiger charge is -2.09. The Morgan fingerprint density at radius 1 is 1.00 bits per heavy atom. The van der Waals surface area contributed by atoms with Crippen LogP contribution in [0, 0.1) is 26.0 Å². The first-order valence-corrected chi connectivity index (χ1v) is 8.63. The van der Waals surface area contributed by atoms with Gasteiger partial charge in [0.05, 0.1) is 22.1 Å². The zero-order valence-electron chi connectivity index (χ0n) is 15.4. The lowest BCUT2D eigenvalue weighted by atomic mass is 10.2. The summed E-state index contributed by atoms with van der Waals surface area (Å²) in [7, 11) is 0. The van der Waals surface area contributed by atoms with Crippen molar-refractivity contribution in [2.45, 2.75) is 6.61 Å². The summed E-state index contributed by atoms with van der Waals surface area (Å²) in [6, 6.07) is 16.3. The average Bonchev–Trinajstić information content (AvgIpc) is 2.74. The highest BCUT2D eigenvalue weighted by molar-refractivity contribution is 5.84. The molecule has 1 N–H and O–H groups in total. The average molecular weight is 410 g/mol. The lowest BCUT2D eigenvalue weighted by molar-refractivity contribution is -0.393. The molecule has 0 aromatic heterocycles. The summed E-state index contributed by atoms with van der Waals surface area (Å²) in [6.07, 6.45) is 1.38. The fourth-order valence-electron chi connectivity index (χ4n) is 2.54. The summed E-state index contributed by atoms with van der Waals surface area (Å²) in [5, 5.41) is 25.9. The third-order valence-electron chi connectivity index (χ3n) is 4.04. The number of halogens is 1. The fraction of sp³-hybridized carbons (Fsp3) is 0.0500. The van der Waals surface area contributed by atoms with Gasteiger partial charge in [-0.3, -0.25) is 25.7 Å². The summed E-state index contributed by atoms with van der Waals surface area (Å²) in [5.74, 6) is 0.0558. The first-order chi connectivity index (χ1) is 14.5. The largest absolute Gasteiger partial charge is 0.488 e. The minimum absolute atomic E-state index is 0.00777. The molecular formula is C20H15FN4O5. The van der Waals surface area contributed by atoms with Crippen LogP contribution in [0.2, 0.25) is 0 Å². The van der Waals surface area contributed by atoms with Crippen LogP contribution in [0.1, 0.15) is 11.1 Å².